The lowest BCUT2D eigenvalue weighted by atomic mass is 10.0. The van der Waals surface area contributed by atoms with Gasteiger partial charge in [-0.05, 0) is 29.7 Å². The molecular formula is C16H20N2. The highest BCUT2D eigenvalue weighted by atomic mass is 14.9. The third-order valence-corrected chi connectivity index (χ3v) is 3.01. The van der Waals surface area contributed by atoms with Crippen LogP contribution in [-0.2, 0) is 6.42 Å². The van der Waals surface area contributed by atoms with E-state index in [0.717, 1.165) is 18.7 Å². The molecule has 94 valence electrons. The second-order valence-electron chi connectivity index (χ2n) is 4.74. The Bertz CT molecular complexity index is 477. The lowest BCUT2D eigenvalue weighted by Crippen LogP contribution is -2.08. The van der Waals surface area contributed by atoms with Crippen LogP contribution in [0.2, 0.25) is 0 Å². The third-order valence-electron chi connectivity index (χ3n) is 3.01. The van der Waals surface area contributed by atoms with Gasteiger partial charge in [0.2, 0.25) is 0 Å². The number of nitrogens with one attached hydrogen (secondary N) is 1. The van der Waals surface area contributed by atoms with Gasteiger partial charge in [-0.2, -0.15) is 0 Å². The Balaban J connectivity index is 1.94. The summed E-state index contributed by atoms with van der Waals surface area (Å²) in [6, 6.07) is 14.6. The summed E-state index contributed by atoms with van der Waals surface area (Å²) in [5.41, 5.74) is 3.74. The average molecular weight is 240 g/mol. The first-order chi connectivity index (χ1) is 8.77. The molecule has 1 aromatic heterocycles. The molecule has 0 atom stereocenters. The van der Waals surface area contributed by atoms with Gasteiger partial charge >= 0.3 is 0 Å². The van der Waals surface area contributed by atoms with Gasteiger partial charge in [0, 0.05) is 30.5 Å². The van der Waals surface area contributed by atoms with Crippen molar-refractivity contribution >= 4 is 5.69 Å². The summed E-state index contributed by atoms with van der Waals surface area (Å²) in [5.74, 6) is 0.545. The van der Waals surface area contributed by atoms with Gasteiger partial charge in [-0.15, -0.1) is 0 Å². The fourth-order valence-corrected chi connectivity index (χ4v) is 2.03. The summed E-state index contributed by atoms with van der Waals surface area (Å²) >= 11 is 0. The van der Waals surface area contributed by atoms with Crippen LogP contribution >= 0.6 is 0 Å². The van der Waals surface area contributed by atoms with Crippen molar-refractivity contribution in [3.8, 4) is 0 Å². The topological polar surface area (TPSA) is 24.9 Å². The minimum atomic E-state index is 0.545. The number of pyridine rings is 1. The summed E-state index contributed by atoms with van der Waals surface area (Å²) in [7, 11) is 0. The molecule has 2 nitrogen and oxygen atoms in total. The van der Waals surface area contributed by atoms with Crippen molar-refractivity contribution in [2.45, 2.75) is 26.2 Å². The van der Waals surface area contributed by atoms with Crippen LogP contribution in [0.5, 0.6) is 0 Å². The van der Waals surface area contributed by atoms with E-state index in [1.807, 2.05) is 18.3 Å². The van der Waals surface area contributed by atoms with E-state index in [1.54, 1.807) is 0 Å². The number of para-hydroxylation sites is 1. The fourth-order valence-electron chi connectivity index (χ4n) is 2.03. The summed E-state index contributed by atoms with van der Waals surface area (Å²) in [4.78, 5) is 4.33. The van der Waals surface area contributed by atoms with E-state index in [-0.39, 0.29) is 0 Å². The molecule has 0 radical (unpaired) electrons. The maximum atomic E-state index is 4.33. The molecule has 2 rings (SSSR count). The predicted molar refractivity (Wildman–Crippen MR) is 77.0 cm³/mol. The minimum absolute atomic E-state index is 0.545. The lowest BCUT2D eigenvalue weighted by molar-refractivity contribution is 0.862. The highest BCUT2D eigenvalue weighted by Crippen LogP contribution is 2.23. The monoisotopic (exact) mass is 240 g/mol. The van der Waals surface area contributed by atoms with Crippen molar-refractivity contribution in [2.75, 3.05) is 11.9 Å². The zero-order valence-electron chi connectivity index (χ0n) is 11.1. The van der Waals surface area contributed by atoms with Gasteiger partial charge in [0.05, 0.1) is 0 Å². The van der Waals surface area contributed by atoms with E-state index in [4.69, 9.17) is 0 Å². The largest absolute Gasteiger partial charge is 0.384 e. The maximum absolute atomic E-state index is 4.33. The molecule has 2 aromatic rings. The number of hydrogen-bond acceptors (Lipinski definition) is 2. The first kappa shape index (κ1) is 12.6. The van der Waals surface area contributed by atoms with Gasteiger partial charge in [-0.3, -0.25) is 4.98 Å². The third kappa shape index (κ3) is 3.33. The van der Waals surface area contributed by atoms with Crippen LogP contribution in [0.3, 0.4) is 0 Å². The fraction of sp³-hybridized carbons (Fsp3) is 0.312. The van der Waals surface area contributed by atoms with Crippen molar-refractivity contribution in [3.05, 3.63) is 59.9 Å². The Labute approximate surface area is 109 Å². The molecular weight excluding hydrogens is 220 g/mol. The Morgan fingerprint density at radius 2 is 1.83 bits per heavy atom. The van der Waals surface area contributed by atoms with Crippen molar-refractivity contribution in [1.29, 1.82) is 0 Å². The molecule has 0 bridgehead atoms. The van der Waals surface area contributed by atoms with E-state index in [2.05, 4.69) is 54.5 Å². The molecule has 1 N–H and O–H groups in total. The summed E-state index contributed by atoms with van der Waals surface area (Å²) in [6.07, 6.45) is 2.80. The summed E-state index contributed by atoms with van der Waals surface area (Å²) in [6.45, 7) is 5.36. The van der Waals surface area contributed by atoms with Gasteiger partial charge in [0.25, 0.3) is 0 Å². The van der Waals surface area contributed by atoms with Gasteiger partial charge in [0.1, 0.15) is 0 Å². The molecule has 0 aliphatic rings. The lowest BCUT2D eigenvalue weighted by Gasteiger charge is -2.14. The van der Waals surface area contributed by atoms with Gasteiger partial charge < -0.3 is 5.32 Å². The van der Waals surface area contributed by atoms with E-state index in [0.29, 0.717) is 5.92 Å². The molecule has 0 saturated carbocycles. The number of hydrogen-bond donors (Lipinski definition) is 1. The van der Waals surface area contributed by atoms with Crippen LogP contribution in [0.4, 0.5) is 5.69 Å². The number of rotatable bonds is 5. The van der Waals surface area contributed by atoms with Crippen LogP contribution in [-0.4, -0.2) is 11.5 Å². The highest BCUT2D eigenvalue weighted by Gasteiger charge is 2.04. The number of nitrogens with zero attached hydrogens (tertiary/aromatic N) is 1. The zero-order chi connectivity index (χ0) is 12.8. The number of anilines is 1. The standard InChI is InChI=1S/C16H20N2/c1-13(2)15-8-3-4-9-16(15)18-12-10-14-7-5-6-11-17-14/h3-9,11,13,18H,10,12H2,1-2H3. The quantitative estimate of drug-likeness (QED) is 0.858. The summed E-state index contributed by atoms with van der Waals surface area (Å²) in [5, 5.41) is 3.50. The molecule has 1 aromatic carbocycles. The number of aromatic nitrogens is 1. The molecule has 0 fully saturated rings. The smallest absolute Gasteiger partial charge is 0.0421 e. The Morgan fingerprint density at radius 3 is 2.56 bits per heavy atom. The van der Waals surface area contributed by atoms with Crippen LogP contribution in [0.25, 0.3) is 0 Å². The second-order valence-corrected chi connectivity index (χ2v) is 4.74. The predicted octanol–water partition coefficient (Wildman–Crippen LogP) is 3.86. The minimum Gasteiger partial charge on any atom is -0.384 e. The molecule has 18 heavy (non-hydrogen) atoms. The van der Waals surface area contributed by atoms with E-state index < -0.39 is 0 Å². The van der Waals surface area contributed by atoms with Crippen molar-refractivity contribution in [2.24, 2.45) is 0 Å². The van der Waals surface area contributed by atoms with E-state index >= 15 is 0 Å². The average Bonchev–Trinajstić information content (AvgIpc) is 2.40. The molecule has 0 aliphatic heterocycles. The SMILES string of the molecule is CC(C)c1ccccc1NCCc1ccccn1. The molecule has 0 saturated heterocycles. The Morgan fingerprint density at radius 1 is 1.06 bits per heavy atom. The first-order valence-electron chi connectivity index (χ1n) is 6.50. The van der Waals surface area contributed by atoms with Crippen molar-refractivity contribution in [1.82, 2.24) is 4.98 Å². The van der Waals surface area contributed by atoms with Crippen LogP contribution in [0, 0.1) is 0 Å². The Hall–Kier alpha value is -1.83. The molecule has 0 spiro atoms. The summed E-state index contributed by atoms with van der Waals surface area (Å²) < 4.78 is 0. The highest BCUT2D eigenvalue weighted by molar-refractivity contribution is 5.52. The molecule has 1 heterocycles. The van der Waals surface area contributed by atoms with Gasteiger partial charge in [0.15, 0.2) is 0 Å². The van der Waals surface area contributed by atoms with E-state index in [9.17, 15) is 0 Å². The van der Waals surface area contributed by atoms with Gasteiger partial charge in [-0.25, -0.2) is 0 Å². The molecule has 0 unspecified atom stereocenters. The molecule has 0 amide bonds. The van der Waals surface area contributed by atoms with Crippen LogP contribution in [0.15, 0.2) is 48.7 Å². The Kier molecular flexibility index (Phi) is 4.35. The second kappa shape index (κ2) is 6.20. The van der Waals surface area contributed by atoms with E-state index in [1.165, 1.54) is 11.3 Å². The van der Waals surface area contributed by atoms with Crippen LogP contribution < -0.4 is 5.32 Å². The molecule has 2 heteroatoms. The van der Waals surface area contributed by atoms with Crippen molar-refractivity contribution < 1.29 is 0 Å². The zero-order valence-corrected chi connectivity index (χ0v) is 11.1. The number of benzene rings is 1. The van der Waals surface area contributed by atoms with Gasteiger partial charge in [-0.1, -0.05) is 38.1 Å². The van der Waals surface area contributed by atoms with Crippen molar-refractivity contribution in [3.63, 3.8) is 0 Å². The van der Waals surface area contributed by atoms with Crippen LogP contribution in [0.1, 0.15) is 31.0 Å². The normalized spacial score (nSPS) is 10.6. The first-order valence-corrected chi connectivity index (χ1v) is 6.50. The maximum Gasteiger partial charge on any atom is 0.0421 e. The molecule has 0 aliphatic carbocycles.